The summed E-state index contributed by atoms with van der Waals surface area (Å²) in [6.45, 7) is 1.09. The van der Waals surface area contributed by atoms with Gasteiger partial charge in [0.25, 0.3) is 0 Å². The highest BCUT2D eigenvalue weighted by molar-refractivity contribution is 6.30. The van der Waals surface area contributed by atoms with E-state index in [1.54, 1.807) is 17.0 Å². The van der Waals surface area contributed by atoms with E-state index in [1.165, 1.54) is 12.8 Å². The Kier molecular flexibility index (Phi) is 5.35. The zero-order chi connectivity index (χ0) is 18.0. The maximum Gasteiger partial charge on any atom is 0.227 e. The lowest BCUT2D eigenvalue weighted by Crippen LogP contribution is -2.51. The number of hydrogen-bond acceptors (Lipinski definition) is 3. The van der Waals surface area contributed by atoms with Crippen LogP contribution in [0.5, 0.6) is 0 Å². The molecule has 1 aliphatic heterocycles. The number of halogens is 1. The number of nitrogens with one attached hydrogen (secondary N) is 1. The van der Waals surface area contributed by atoms with Gasteiger partial charge in [0.05, 0.1) is 5.92 Å². The van der Waals surface area contributed by atoms with Gasteiger partial charge in [-0.1, -0.05) is 24.4 Å². The third kappa shape index (κ3) is 3.82. The van der Waals surface area contributed by atoms with Crippen molar-refractivity contribution >= 4 is 29.1 Å². The molecule has 136 valence electrons. The Bertz CT molecular complexity index is 639. The second kappa shape index (κ2) is 7.34. The van der Waals surface area contributed by atoms with Gasteiger partial charge in [-0.2, -0.15) is 0 Å². The van der Waals surface area contributed by atoms with Gasteiger partial charge in [0.15, 0.2) is 0 Å². The molecule has 3 rings (SSSR count). The van der Waals surface area contributed by atoms with Crippen LogP contribution in [0.15, 0.2) is 24.3 Å². The van der Waals surface area contributed by atoms with Gasteiger partial charge in [-0.05, 0) is 51.2 Å². The van der Waals surface area contributed by atoms with Gasteiger partial charge < -0.3 is 15.1 Å². The van der Waals surface area contributed by atoms with E-state index in [4.69, 9.17) is 11.6 Å². The van der Waals surface area contributed by atoms with Gasteiger partial charge in [0.1, 0.15) is 0 Å². The molecule has 1 atom stereocenters. The number of rotatable bonds is 5. The standard InChI is InChI=1S/C19H26ClN3O2/c1-22(2)19(9-3-4-10-19)13-21-18(25)14-11-17(24)23(12-14)16-7-5-15(20)6-8-16/h5-8,14H,3-4,9-13H2,1-2H3,(H,21,25). The van der Waals surface area contributed by atoms with Crippen LogP contribution in [-0.2, 0) is 9.59 Å². The van der Waals surface area contributed by atoms with Crippen molar-refractivity contribution in [1.82, 2.24) is 10.2 Å². The third-order valence-corrected chi connectivity index (χ3v) is 5.96. The Balaban J connectivity index is 1.60. The summed E-state index contributed by atoms with van der Waals surface area (Å²) >= 11 is 5.90. The molecule has 1 aromatic rings. The molecular formula is C19H26ClN3O2. The van der Waals surface area contributed by atoms with Crippen molar-refractivity contribution in [2.24, 2.45) is 5.92 Å². The Hall–Kier alpha value is -1.59. The minimum absolute atomic E-state index is 0.00865. The van der Waals surface area contributed by atoms with Crippen LogP contribution < -0.4 is 10.2 Å². The van der Waals surface area contributed by atoms with E-state index in [2.05, 4.69) is 24.3 Å². The van der Waals surface area contributed by atoms with Gasteiger partial charge in [0.2, 0.25) is 11.8 Å². The fourth-order valence-corrected chi connectivity index (χ4v) is 4.09. The highest BCUT2D eigenvalue weighted by Crippen LogP contribution is 2.33. The first-order chi connectivity index (χ1) is 11.9. The number of likely N-dealkylation sites (N-methyl/N-ethyl adjacent to an activating group) is 1. The molecule has 1 aliphatic carbocycles. The number of carbonyl (C=O) groups excluding carboxylic acids is 2. The zero-order valence-electron chi connectivity index (χ0n) is 14.9. The summed E-state index contributed by atoms with van der Waals surface area (Å²) in [5, 5.41) is 3.74. The second-order valence-corrected chi connectivity index (χ2v) is 7.86. The van der Waals surface area contributed by atoms with Crippen molar-refractivity contribution in [2.45, 2.75) is 37.6 Å². The molecule has 6 heteroatoms. The van der Waals surface area contributed by atoms with E-state index in [9.17, 15) is 9.59 Å². The van der Waals surface area contributed by atoms with E-state index >= 15 is 0 Å². The molecule has 5 nitrogen and oxygen atoms in total. The average molecular weight is 364 g/mol. The first-order valence-corrected chi connectivity index (χ1v) is 9.30. The normalized spacial score (nSPS) is 22.6. The van der Waals surface area contributed by atoms with Gasteiger partial charge in [-0.25, -0.2) is 0 Å². The summed E-state index contributed by atoms with van der Waals surface area (Å²) in [6, 6.07) is 7.16. The maximum atomic E-state index is 12.6. The lowest BCUT2D eigenvalue weighted by Gasteiger charge is -2.36. The van der Waals surface area contributed by atoms with Crippen molar-refractivity contribution < 1.29 is 9.59 Å². The molecule has 1 heterocycles. The Morgan fingerprint density at radius 3 is 2.52 bits per heavy atom. The van der Waals surface area contributed by atoms with Crippen molar-refractivity contribution in [2.75, 3.05) is 32.1 Å². The molecular weight excluding hydrogens is 338 g/mol. The number of benzene rings is 1. The molecule has 1 N–H and O–H groups in total. The first-order valence-electron chi connectivity index (χ1n) is 8.92. The van der Waals surface area contributed by atoms with E-state index < -0.39 is 0 Å². The zero-order valence-corrected chi connectivity index (χ0v) is 15.7. The molecule has 1 saturated carbocycles. The van der Waals surface area contributed by atoms with Crippen molar-refractivity contribution in [3.05, 3.63) is 29.3 Å². The molecule has 0 bridgehead atoms. The van der Waals surface area contributed by atoms with E-state index in [0.29, 0.717) is 18.1 Å². The Morgan fingerprint density at radius 2 is 1.92 bits per heavy atom. The van der Waals surface area contributed by atoms with Gasteiger partial charge >= 0.3 is 0 Å². The molecule has 25 heavy (non-hydrogen) atoms. The van der Waals surface area contributed by atoms with Crippen LogP contribution >= 0.6 is 11.6 Å². The number of hydrogen-bond donors (Lipinski definition) is 1. The van der Waals surface area contributed by atoms with Crippen molar-refractivity contribution in [3.63, 3.8) is 0 Å². The predicted molar refractivity (Wildman–Crippen MR) is 99.8 cm³/mol. The summed E-state index contributed by atoms with van der Waals surface area (Å²) in [5.41, 5.74) is 0.860. The van der Waals surface area contributed by atoms with Crippen LogP contribution in [-0.4, -0.2) is 49.4 Å². The monoisotopic (exact) mass is 363 g/mol. The number of amides is 2. The third-order valence-electron chi connectivity index (χ3n) is 5.71. The van der Waals surface area contributed by atoms with Crippen LogP contribution in [0.25, 0.3) is 0 Å². The first kappa shape index (κ1) is 18.2. The largest absolute Gasteiger partial charge is 0.354 e. The summed E-state index contributed by atoms with van der Waals surface area (Å²) < 4.78 is 0. The van der Waals surface area contributed by atoms with Crippen LogP contribution in [0, 0.1) is 5.92 Å². The van der Waals surface area contributed by atoms with E-state index in [-0.39, 0.29) is 29.7 Å². The predicted octanol–water partition coefficient (Wildman–Crippen LogP) is 2.68. The van der Waals surface area contributed by atoms with E-state index in [0.717, 1.165) is 18.5 Å². The molecule has 2 fully saturated rings. The number of anilines is 1. The summed E-state index contributed by atoms with van der Waals surface area (Å²) in [5.74, 6) is -0.313. The molecule has 2 amide bonds. The Labute approximate surface area is 154 Å². The number of nitrogens with zero attached hydrogens (tertiary/aromatic N) is 2. The van der Waals surface area contributed by atoms with Crippen molar-refractivity contribution in [1.29, 1.82) is 0 Å². The fraction of sp³-hybridized carbons (Fsp3) is 0.579. The van der Waals surface area contributed by atoms with Crippen LogP contribution in [0.2, 0.25) is 5.02 Å². The van der Waals surface area contributed by atoms with Crippen LogP contribution in [0.4, 0.5) is 5.69 Å². The average Bonchev–Trinajstić information content (AvgIpc) is 3.21. The highest BCUT2D eigenvalue weighted by atomic mass is 35.5. The molecule has 1 aromatic carbocycles. The SMILES string of the molecule is CN(C)C1(CNC(=O)C2CC(=O)N(c3ccc(Cl)cc3)C2)CCCC1. The minimum atomic E-state index is -0.288. The lowest BCUT2D eigenvalue weighted by molar-refractivity contribution is -0.126. The maximum absolute atomic E-state index is 12.6. The summed E-state index contributed by atoms with van der Waals surface area (Å²) in [6.07, 6.45) is 4.91. The number of carbonyl (C=O) groups is 2. The smallest absolute Gasteiger partial charge is 0.227 e. The molecule has 1 saturated heterocycles. The van der Waals surface area contributed by atoms with Crippen LogP contribution in [0.3, 0.4) is 0 Å². The second-order valence-electron chi connectivity index (χ2n) is 7.43. The topological polar surface area (TPSA) is 52.7 Å². The fourth-order valence-electron chi connectivity index (χ4n) is 3.96. The summed E-state index contributed by atoms with van der Waals surface area (Å²) in [4.78, 5) is 28.8. The lowest BCUT2D eigenvalue weighted by atomic mass is 9.95. The van der Waals surface area contributed by atoms with Crippen LogP contribution in [0.1, 0.15) is 32.1 Å². The summed E-state index contributed by atoms with van der Waals surface area (Å²) in [7, 11) is 4.16. The molecule has 2 aliphatic rings. The minimum Gasteiger partial charge on any atom is -0.354 e. The highest BCUT2D eigenvalue weighted by Gasteiger charge is 2.39. The molecule has 0 aromatic heterocycles. The Morgan fingerprint density at radius 1 is 1.28 bits per heavy atom. The quantitative estimate of drug-likeness (QED) is 0.875. The van der Waals surface area contributed by atoms with Gasteiger partial charge in [-0.3, -0.25) is 9.59 Å². The van der Waals surface area contributed by atoms with E-state index in [1.807, 2.05) is 12.1 Å². The molecule has 0 spiro atoms. The van der Waals surface area contributed by atoms with Gasteiger partial charge in [0, 0.05) is 35.8 Å². The van der Waals surface area contributed by atoms with Gasteiger partial charge in [-0.15, -0.1) is 0 Å². The van der Waals surface area contributed by atoms with Crippen molar-refractivity contribution in [3.8, 4) is 0 Å². The molecule has 0 radical (unpaired) electrons. The molecule has 1 unspecified atom stereocenters.